The molecule has 5 heteroatoms. The summed E-state index contributed by atoms with van der Waals surface area (Å²) in [6.07, 6.45) is -4.32. The van der Waals surface area contributed by atoms with Crippen molar-refractivity contribution in [2.24, 2.45) is 10.5 Å². The number of hydrazone groups is 1. The smallest absolute Gasteiger partial charge is 0.306 e. The van der Waals surface area contributed by atoms with Crippen molar-refractivity contribution in [2.75, 3.05) is 0 Å². The lowest BCUT2D eigenvalue weighted by atomic mass is 9.85. The predicted molar refractivity (Wildman–Crippen MR) is 44.5 cm³/mol. The molecule has 1 rings (SSSR count). The second kappa shape index (κ2) is 2.89. The van der Waals surface area contributed by atoms with E-state index in [1.807, 2.05) is 20.8 Å². The lowest BCUT2D eigenvalue weighted by molar-refractivity contribution is -0.0601. The summed E-state index contributed by atoms with van der Waals surface area (Å²) in [5.41, 5.74) is 1.62. The molecule has 0 amide bonds. The maximum Gasteiger partial charge on any atom is 0.431 e. The van der Waals surface area contributed by atoms with Crippen molar-refractivity contribution in [1.82, 2.24) is 5.43 Å². The Balaban J connectivity index is 2.63. The summed E-state index contributed by atoms with van der Waals surface area (Å²) in [6, 6.07) is -0.218. The van der Waals surface area contributed by atoms with Crippen LogP contribution < -0.4 is 5.43 Å². The fourth-order valence-corrected chi connectivity index (χ4v) is 1.12. The fraction of sp³-hybridized carbons (Fsp3) is 0.875. The van der Waals surface area contributed by atoms with Gasteiger partial charge < -0.3 is 5.43 Å². The maximum absolute atomic E-state index is 12.2. The number of alkyl halides is 3. The normalized spacial score (nSPS) is 24.2. The van der Waals surface area contributed by atoms with Gasteiger partial charge in [-0.15, -0.1) is 0 Å². The zero-order chi connectivity index (χ0) is 10.3. The van der Waals surface area contributed by atoms with Gasteiger partial charge in [0.1, 0.15) is 5.71 Å². The molecular formula is C8H13F3N2. The molecular weight excluding hydrogens is 181 g/mol. The van der Waals surface area contributed by atoms with Crippen LogP contribution in [0.2, 0.25) is 0 Å². The molecule has 0 fully saturated rings. The topological polar surface area (TPSA) is 24.4 Å². The molecule has 1 aliphatic rings. The SMILES string of the molecule is CC(C)(C)C1CC(C(F)(F)F)=NN1. The van der Waals surface area contributed by atoms with Gasteiger partial charge >= 0.3 is 6.18 Å². The first-order valence-electron chi connectivity index (χ1n) is 4.10. The highest BCUT2D eigenvalue weighted by Gasteiger charge is 2.42. The molecule has 1 N–H and O–H groups in total. The van der Waals surface area contributed by atoms with Gasteiger partial charge in [0.25, 0.3) is 0 Å². The van der Waals surface area contributed by atoms with E-state index in [0.717, 1.165) is 0 Å². The summed E-state index contributed by atoms with van der Waals surface area (Å²) in [4.78, 5) is 0. The van der Waals surface area contributed by atoms with Crippen LogP contribution in [0.15, 0.2) is 5.10 Å². The van der Waals surface area contributed by atoms with Crippen LogP contribution in [0.25, 0.3) is 0 Å². The second-order valence-corrected chi connectivity index (χ2v) is 4.31. The van der Waals surface area contributed by atoms with Crippen LogP contribution in [-0.4, -0.2) is 17.9 Å². The molecule has 13 heavy (non-hydrogen) atoms. The van der Waals surface area contributed by atoms with Crippen LogP contribution in [0, 0.1) is 5.41 Å². The summed E-state index contributed by atoms with van der Waals surface area (Å²) in [5.74, 6) is 0. The molecule has 1 unspecified atom stereocenters. The van der Waals surface area contributed by atoms with Gasteiger partial charge in [-0.25, -0.2) is 0 Å². The first kappa shape index (κ1) is 10.3. The highest BCUT2D eigenvalue weighted by Crippen LogP contribution is 2.30. The Labute approximate surface area is 75.2 Å². The largest absolute Gasteiger partial charge is 0.431 e. The van der Waals surface area contributed by atoms with Crippen LogP contribution in [0.3, 0.4) is 0 Å². The van der Waals surface area contributed by atoms with E-state index < -0.39 is 11.9 Å². The Kier molecular flexibility index (Phi) is 2.30. The van der Waals surface area contributed by atoms with Gasteiger partial charge in [0.2, 0.25) is 0 Å². The van der Waals surface area contributed by atoms with E-state index in [-0.39, 0.29) is 17.9 Å². The number of nitrogens with zero attached hydrogens (tertiary/aromatic N) is 1. The third-order valence-corrected chi connectivity index (χ3v) is 2.13. The van der Waals surface area contributed by atoms with E-state index in [9.17, 15) is 13.2 Å². The molecule has 0 saturated carbocycles. The van der Waals surface area contributed by atoms with Gasteiger partial charge in [-0.1, -0.05) is 20.8 Å². The van der Waals surface area contributed by atoms with Gasteiger partial charge in [-0.3, -0.25) is 0 Å². The molecule has 0 radical (unpaired) electrons. The molecule has 0 aromatic rings. The average molecular weight is 194 g/mol. The van der Waals surface area contributed by atoms with Crippen LogP contribution in [0.1, 0.15) is 27.2 Å². The minimum atomic E-state index is -4.28. The molecule has 0 saturated heterocycles. The Morgan fingerprint density at radius 3 is 2.08 bits per heavy atom. The standard InChI is InChI=1S/C8H13F3N2/c1-7(2,3)5-4-6(13-12-5)8(9,10)11/h5,12H,4H2,1-3H3. The molecule has 0 aliphatic carbocycles. The summed E-state index contributed by atoms with van der Waals surface area (Å²) < 4.78 is 36.5. The number of nitrogens with one attached hydrogen (secondary N) is 1. The Morgan fingerprint density at radius 1 is 1.31 bits per heavy atom. The molecule has 1 heterocycles. The molecule has 0 spiro atoms. The lowest BCUT2D eigenvalue weighted by Gasteiger charge is -2.26. The fourth-order valence-electron chi connectivity index (χ4n) is 1.12. The summed E-state index contributed by atoms with van der Waals surface area (Å²) >= 11 is 0. The van der Waals surface area contributed by atoms with Crippen LogP contribution in [0.5, 0.6) is 0 Å². The van der Waals surface area contributed by atoms with Crippen molar-refractivity contribution in [3.05, 3.63) is 0 Å². The first-order valence-corrected chi connectivity index (χ1v) is 4.10. The van der Waals surface area contributed by atoms with Gasteiger partial charge in [-0.05, 0) is 5.41 Å². The van der Waals surface area contributed by atoms with Crippen molar-refractivity contribution in [3.63, 3.8) is 0 Å². The molecule has 1 atom stereocenters. The van der Waals surface area contributed by atoms with Crippen LogP contribution in [-0.2, 0) is 0 Å². The molecule has 2 nitrogen and oxygen atoms in total. The average Bonchev–Trinajstić information content (AvgIpc) is 2.28. The number of rotatable bonds is 0. The summed E-state index contributed by atoms with van der Waals surface area (Å²) in [6.45, 7) is 5.67. The van der Waals surface area contributed by atoms with Gasteiger partial charge in [0.15, 0.2) is 0 Å². The molecule has 0 aromatic heterocycles. The molecule has 0 bridgehead atoms. The van der Waals surface area contributed by atoms with Crippen molar-refractivity contribution in [2.45, 2.75) is 39.4 Å². The van der Waals surface area contributed by atoms with Crippen molar-refractivity contribution in [1.29, 1.82) is 0 Å². The van der Waals surface area contributed by atoms with E-state index in [1.165, 1.54) is 0 Å². The minimum Gasteiger partial charge on any atom is -0.306 e. The first-order chi connectivity index (χ1) is 5.71. The van der Waals surface area contributed by atoms with E-state index in [4.69, 9.17) is 0 Å². The number of hydrogen-bond donors (Lipinski definition) is 1. The third-order valence-electron chi connectivity index (χ3n) is 2.13. The minimum absolute atomic E-state index is 0.0347. The van der Waals surface area contributed by atoms with E-state index in [2.05, 4.69) is 10.5 Å². The Bertz CT molecular complexity index is 225. The van der Waals surface area contributed by atoms with Crippen molar-refractivity contribution >= 4 is 5.71 Å². The third kappa shape index (κ3) is 2.35. The van der Waals surface area contributed by atoms with Gasteiger partial charge in [-0.2, -0.15) is 18.3 Å². The van der Waals surface area contributed by atoms with Crippen LogP contribution >= 0.6 is 0 Å². The lowest BCUT2D eigenvalue weighted by Crippen LogP contribution is -2.35. The van der Waals surface area contributed by atoms with Crippen molar-refractivity contribution in [3.8, 4) is 0 Å². The zero-order valence-electron chi connectivity index (χ0n) is 7.87. The van der Waals surface area contributed by atoms with E-state index in [0.29, 0.717) is 0 Å². The molecule has 1 aliphatic heterocycles. The Hall–Kier alpha value is -0.740. The molecule has 0 aromatic carbocycles. The highest BCUT2D eigenvalue weighted by molar-refractivity contribution is 5.91. The monoisotopic (exact) mass is 194 g/mol. The summed E-state index contributed by atoms with van der Waals surface area (Å²) in [7, 11) is 0. The maximum atomic E-state index is 12.2. The second-order valence-electron chi connectivity index (χ2n) is 4.31. The predicted octanol–water partition coefficient (Wildman–Crippen LogP) is 2.31. The Morgan fingerprint density at radius 2 is 1.85 bits per heavy atom. The number of hydrogen-bond acceptors (Lipinski definition) is 2. The van der Waals surface area contributed by atoms with Crippen LogP contribution in [0.4, 0.5) is 13.2 Å². The highest BCUT2D eigenvalue weighted by atomic mass is 19.4. The summed E-state index contributed by atoms with van der Waals surface area (Å²) in [5, 5.41) is 3.30. The molecule has 76 valence electrons. The van der Waals surface area contributed by atoms with Gasteiger partial charge in [0.05, 0.1) is 6.04 Å². The van der Waals surface area contributed by atoms with E-state index >= 15 is 0 Å². The van der Waals surface area contributed by atoms with E-state index in [1.54, 1.807) is 0 Å². The zero-order valence-corrected chi connectivity index (χ0v) is 7.87. The number of halogens is 3. The quantitative estimate of drug-likeness (QED) is 0.628. The van der Waals surface area contributed by atoms with Gasteiger partial charge in [0, 0.05) is 6.42 Å². The van der Waals surface area contributed by atoms with Crippen molar-refractivity contribution < 1.29 is 13.2 Å².